The van der Waals surface area contributed by atoms with E-state index in [0.29, 0.717) is 0 Å². The molecule has 1 N–H and O–H groups in total. The fraction of sp³-hybridized carbons (Fsp3) is 0.235. The van der Waals surface area contributed by atoms with Gasteiger partial charge in [-0.25, -0.2) is 4.83 Å². The maximum Gasteiger partial charge on any atom is 0.276 e. The molecule has 0 saturated carbocycles. The number of non-ortho nitro benzene ring substituents is 1. The number of nitro benzene ring substituents is 1. The Bertz CT molecular complexity index is 898. The van der Waals surface area contributed by atoms with E-state index in [1.54, 1.807) is 0 Å². The van der Waals surface area contributed by atoms with Crippen molar-refractivity contribution in [3.8, 4) is 0 Å². The fourth-order valence-electron chi connectivity index (χ4n) is 2.06. The van der Waals surface area contributed by atoms with Crippen molar-refractivity contribution in [2.45, 2.75) is 31.1 Å². The average molecular weight is 361 g/mol. The van der Waals surface area contributed by atoms with Gasteiger partial charge in [0.05, 0.1) is 16.0 Å². The van der Waals surface area contributed by atoms with Crippen LogP contribution >= 0.6 is 0 Å². The Morgan fingerprint density at radius 1 is 1.12 bits per heavy atom. The van der Waals surface area contributed by atoms with Crippen molar-refractivity contribution in [2.24, 2.45) is 5.10 Å². The predicted molar refractivity (Wildman–Crippen MR) is 96.2 cm³/mol. The van der Waals surface area contributed by atoms with E-state index in [-0.39, 0.29) is 16.0 Å². The average Bonchev–Trinajstić information content (AvgIpc) is 2.54. The number of benzene rings is 2. The van der Waals surface area contributed by atoms with Crippen molar-refractivity contribution in [1.82, 2.24) is 4.83 Å². The molecule has 0 saturated heterocycles. The third-order valence-corrected chi connectivity index (χ3v) is 4.72. The minimum absolute atomic E-state index is 0.0271. The molecule has 25 heavy (non-hydrogen) atoms. The Kier molecular flexibility index (Phi) is 5.22. The van der Waals surface area contributed by atoms with Crippen molar-refractivity contribution in [1.29, 1.82) is 0 Å². The van der Waals surface area contributed by atoms with Crippen molar-refractivity contribution in [3.63, 3.8) is 0 Å². The summed E-state index contributed by atoms with van der Waals surface area (Å²) in [6.07, 6.45) is 1.38. The molecule has 2 rings (SSSR count). The van der Waals surface area contributed by atoms with Gasteiger partial charge in [0.2, 0.25) is 0 Å². The lowest BCUT2D eigenvalue weighted by Crippen LogP contribution is -2.18. The van der Waals surface area contributed by atoms with Crippen molar-refractivity contribution in [3.05, 3.63) is 69.8 Å². The van der Waals surface area contributed by atoms with E-state index in [2.05, 4.69) is 30.7 Å². The number of nitrogens with zero attached hydrogens (tertiary/aromatic N) is 2. The van der Waals surface area contributed by atoms with Gasteiger partial charge in [-0.1, -0.05) is 51.1 Å². The minimum Gasteiger partial charge on any atom is -0.258 e. The van der Waals surface area contributed by atoms with Crippen LogP contribution in [-0.2, 0) is 15.4 Å². The topological polar surface area (TPSA) is 102 Å². The molecule has 0 atom stereocenters. The molecule has 0 aliphatic rings. The Balaban J connectivity index is 2.13. The summed E-state index contributed by atoms with van der Waals surface area (Å²) in [5, 5.41) is 14.5. The van der Waals surface area contributed by atoms with Gasteiger partial charge in [-0.15, -0.1) is 0 Å². The van der Waals surface area contributed by atoms with Crippen molar-refractivity contribution >= 4 is 21.9 Å². The molecule has 0 heterocycles. The molecule has 132 valence electrons. The summed E-state index contributed by atoms with van der Waals surface area (Å²) in [6.45, 7) is 6.30. The standard InChI is InChI=1S/C17H19N3O4S/c1-17(2,3)14-9-7-13(8-10-14)12-18-19-25(23,24)16-6-4-5-15(11-16)20(21)22/h4-12,19H,1-3H3/b18-12-. The molecule has 0 amide bonds. The molecule has 0 bridgehead atoms. The zero-order valence-corrected chi connectivity index (χ0v) is 14.9. The van der Waals surface area contributed by atoms with Gasteiger partial charge >= 0.3 is 0 Å². The van der Waals surface area contributed by atoms with Crippen LogP contribution in [0.4, 0.5) is 5.69 Å². The van der Waals surface area contributed by atoms with Gasteiger partial charge in [-0.05, 0) is 22.6 Å². The summed E-state index contributed by atoms with van der Waals surface area (Å²) in [6, 6.07) is 12.4. The third-order valence-electron chi connectivity index (χ3n) is 3.50. The van der Waals surface area contributed by atoms with E-state index in [9.17, 15) is 18.5 Å². The first-order valence-corrected chi connectivity index (χ1v) is 8.98. The van der Waals surface area contributed by atoms with E-state index < -0.39 is 14.9 Å². The summed E-state index contributed by atoms with van der Waals surface area (Å²) in [5.41, 5.74) is 1.61. The molecule has 0 fully saturated rings. The second kappa shape index (κ2) is 7.02. The molecular formula is C17H19N3O4S. The highest BCUT2D eigenvalue weighted by atomic mass is 32.2. The molecule has 2 aromatic rings. The molecule has 0 radical (unpaired) electrons. The molecule has 0 aliphatic heterocycles. The molecular weight excluding hydrogens is 342 g/mol. The fourth-order valence-corrected chi connectivity index (χ4v) is 2.89. The van der Waals surface area contributed by atoms with Gasteiger partial charge in [0, 0.05) is 12.1 Å². The summed E-state index contributed by atoms with van der Waals surface area (Å²) in [7, 11) is -3.97. The lowest BCUT2D eigenvalue weighted by atomic mass is 9.87. The SMILES string of the molecule is CC(C)(C)c1ccc(/C=N\NS(=O)(=O)c2cccc([N+](=O)[O-])c2)cc1. The molecule has 0 aliphatic carbocycles. The van der Waals surface area contributed by atoms with Crippen LogP contribution in [0.15, 0.2) is 58.5 Å². The summed E-state index contributed by atoms with van der Waals surface area (Å²) in [5.74, 6) is 0. The molecule has 7 nitrogen and oxygen atoms in total. The number of nitro groups is 1. The van der Waals surface area contributed by atoms with E-state index in [0.717, 1.165) is 17.2 Å². The van der Waals surface area contributed by atoms with Crippen LogP contribution in [0.3, 0.4) is 0 Å². The molecule has 0 spiro atoms. The maximum atomic E-state index is 12.1. The highest BCUT2D eigenvalue weighted by Crippen LogP contribution is 2.22. The summed E-state index contributed by atoms with van der Waals surface area (Å²) >= 11 is 0. The maximum absolute atomic E-state index is 12.1. The first-order chi connectivity index (χ1) is 11.6. The predicted octanol–water partition coefficient (Wildman–Crippen LogP) is 3.20. The quantitative estimate of drug-likeness (QED) is 0.502. The largest absolute Gasteiger partial charge is 0.276 e. The second-order valence-corrected chi connectivity index (χ2v) is 8.14. The zero-order valence-electron chi connectivity index (χ0n) is 14.1. The normalized spacial score (nSPS) is 12.3. The van der Waals surface area contributed by atoms with E-state index in [1.807, 2.05) is 24.3 Å². The van der Waals surface area contributed by atoms with Gasteiger partial charge in [0.25, 0.3) is 15.7 Å². The van der Waals surface area contributed by atoms with Gasteiger partial charge in [0.1, 0.15) is 0 Å². The van der Waals surface area contributed by atoms with Gasteiger partial charge in [0.15, 0.2) is 0 Å². The van der Waals surface area contributed by atoms with Crippen molar-refractivity contribution < 1.29 is 13.3 Å². The summed E-state index contributed by atoms with van der Waals surface area (Å²) in [4.78, 5) is 11.9. The Morgan fingerprint density at radius 2 is 1.76 bits per heavy atom. The van der Waals surface area contributed by atoms with Crippen LogP contribution in [0.2, 0.25) is 0 Å². The Morgan fingerprint density at radius 3 is 2.32 bits per heavy atom. The van der Waals surface area contributed by atoms with Crippen LogP contribution in [-0.4, -0.2) is 19.6 Å². The van der Waals surface area contributed by atoms with Crippen LogP contribution in [0.5, 0.6) is 0 Å². The second-order valence-electron chi connectivity index (χ2n) is 6.48. The molecule has 2 aromatic carbocycles. The third kappa shape index (κ3) is 4.87. The Hall–Kier alpha value is -2.74. The zero-order chi connectivity index (χ0) is 18.7. The van der Waals surface area contributed by atoms with E-state index in [1.165, 1.54) is 24.4 Å². The number of sulfonamides is 1. The number of hydrazone groups is 1. The first-order valence-electron chi connectivity index (χ1n) is 7.49. The highest BCUT2D eigenvalue weighted by Gasteiger charge is 2.16. The van der Waals surface area contributed by atoms with E-state index in [4.69, 9.17) is 0 Å². The number of hydrogen-bond donors (Lipinski definition) is 1. The highest BCUT2D eigenvalue weighted by molar-refractivity contribution is 7.89. The lowest BCUT2D eigenvalue weighted by Gasteiger charge is -2.18. The van der Waals surface area contributed by atoms with Crippen LogP contribution < -0.4 is 4.83 Å². The Labute approximate surface area is 146 Å². The van der Waals surface area contributed by atoms with Gasteiger partial charge in [-0.3, -0.25) is 10.1 Å². The first kappa shape index (κ1) is 18.6. The number of rotatable bonds is 5. The monoisotopic (exact) mass is 361 g/mol. The lowest BCUT2D eigenvalue weighted by molar-refractivity contribution is -0.385. The van der Waals surface area contributed by atoms with Crippen LogP contribution in [0.1, 0.15) is 31.9 Å². The van der Waals surface area contributed by atoms with Gasteiger partial charge < -0.3 is 0 Å². The number of nitrogens with one attached hydrogen (secondary N) is 1. The van der Waals surface area contributed by atoms with E-state index >= 15 is 0 Å². The molecule has 8 heteroatoms. The number of hydrogen-bond acceptors (Lipinski definition) is 5. The smallest absolute Gasteiger partial charge is 0.258 e. The van der Waals surface area contributed by atoms with Crippen LogP contribution in [0, 0.1) is 10.1 Å². The minimum atomic E-state index is -3.97. The molecule has 0 aromatic heterocycles. The van der Waals surface area contributed by atoms with Crippen molar-refractivity contribution in [2.75, 3.05) is 0 Å². The molecule has 0 unspecified atom stereocenters. The summed E-state index contributed by atoms with van der Waals surface area (Å²) < 4.78 is 24.3. The van der Waals surface area contributed by atoms with Gasteiger partial charge in [-0.2, -0.15) is 13.5 Å². The van der Waals surface area contributed by atoms with Crippen LogP contribution in [0.25, 0.3) is 0 Å².